The van der Waals surface area contributed by atoms with Gasteiger partial charge in [-0.3, -0.25) is 0 Å². The van der Waals surface area contributed by atoms with Crippen molar-refractivity contribution in [1.29, 1.82) is 0 Å². The van der Waals surface area contributed by atoms with E-state index in [4.69, 9.17) is 10.5 Å². The van der Waals surface area contributed by atoms with Crippen LogP contribution in [0.25, 0.3) is 0 Å². The van der Waals surface area contributed by atoms with Gasteiger partial charge in [-0.2, -0.15) is 15.0 Å². The normalized spacial score (nSPS) is 20.5. The zero-order valence-corrected chi connectivity index (χ0v) is 12.4. The summed E-state index contributed by atoms with van der Waals surface area (Å²) in [7, 11) is 0. The van der Waals surface area contributed by atoms with Crippen molar-refractivity contribution >= 4 is 17.8 Å². The first-order valence-electron chi connectivity index (χ1n) is 7.89. The van der Waals surface area contributed by atoms with Crippen LogP contribution in [0.2, 0.25) is 0 Å². The van der Waals surface area contributed by atoms with Gasteiger partial charge in [0.25, 0.3) is 0 Å². The molecule has 0 spiro atoms. The van der Waals surface area contributed by atoms with E-state index in [-0.39, 0.29) is 0 Å². The lowest BCUT2D eigenvalue weighted by atomic mass is 10.0. The van der Waals surface area contributed by atoms with Gasteiger partial charge in [0.15, 0.2) is 0 Å². The van der Waals surface area contributed by atoms with E-state index in [0.29, 0.717) is 23.8 Å². The third-order valence-electron chi connectivity index (χ3n) is 4.17. The Morgan fingerprint density at radius 2 is 1.86 bits per heavy atom. The Hall–Kier alpha value is -1.63. The van der Waals surface area contributed by atoms with Crippen LogP contribution in [0.3, 0.4) is 0 Å². The maximum Gasteiger partial charge on any atom is 0.231 e. The Bertz CT molecular complexity index is 457. The predicted molar refractivity (Wildman–Crippen MR) is 82.3 cm³/mol. The highest BCUT2D eigenvalue weighted by Gasteiger charge is 2.17. The molecule has 0 saturated carbocycles. The first kappa shape index (κ1) is 14.3. The average molecular weight is 292 g/mol. The number of anilines is 3. The predicted octanol–water partition coefficient (Wildman–Crippen LogP) is 1.28. The van der Waals surface area contributed by atoms with Crippen LogP contribution in [0.1, 0.15) is 32.1 Å². The SMILES string of the molecule is Nc1nc(NCC2CCOCC2)nc(N2CCCCC2)n1. The molecular formula is C14H24N6O. The molecule has 2 aliphatic rings. The van der Waals surface area contributed by atoms with Gasteiger partial charge in [-0.05, 0) is 38.0 Å². The first-order chi connectivity index (χ1) is 10.3. The molecule has 0 radical (unpaired) electrons. The molecule has 3 N–H and O–H groups in total. The molecule has 21 heavy (non-hydrogen) atoms. The molecule has 7 nitrogen and oxygen atoms in total. The molecular weight excluding hydrogens is 268 g/mol. The summed E-state index contributed by atoms with van der Waals surface area (Å²) in [4.78, 5) is 15.2. The maximum atomic E-state index is 5.83. The average Bonchev–Trinajstić information content (AvgIpc) is 2.54. The van der Waals surface area contributed by atoms with Gasteiger partial charge in [-0.15, -0.1) is 0 Å². The Morgan fingerprint density at radius 1 is 1.10 bits per heavy atom. The van der Waals surface area contributed by atoms with E-state index >= 15 is 0 Å². The molecule has 0 bridgehead atoms. The highest BCUT2D eigenvalue weighted by Crippen LogP contribution is 2.19. The largest absolute Gasteiger partial charge is 0.381 e. The molecule has 2 fully saturated rings. The van der Waals surface area contributed by atoms with Crippen LogP contribution >= 0.6 is 0 Å². The fourth-order valence-electron chi connectivity index (χ4n) is 2.88. The second-order valence-electron chi connectivity index (χ2n) is 5.80. The summed E-state index contributed by atoms with van der Waals surface area (Å²) in [6, 6.07) is 0. The van der Waals surface area contributed by atoms with Crippen molar-refractivity contribution in [2.75, 3.05) is 48.8 Å². The molecule has 0 aromatic carbocycles. The van der Waals surface area contributed by atoms with Gasteiger partial charge in [0, 0.05) is 32.8 Å². The fraction of sp³-hybridized carbons (Fsp3) is 0.786. The lowest BCUT2D eigenvalue weighted by Gasteiger charge is -2.27. The first-order valence-corrected chi connectivity index (χ1v) is 7.89. The topological polar surface area (TPSA) is 89.2 Å². The summed E-state index contributed by atoms with van der Waals surface area (Å²) in [6.07, 6.45) is 5.85. The van der Waals surface area contributed by atoms with Gasteiger partial charge in [-0.1, -0.05) is 0 Å². The van der Waals surface area contributed by atoms with Gasteiger partial charge >= 0.3 is 0 Å². The molecule has 2 saturated heterocycles. The van der Waals surface area contributed by atoms with E-state index in [1.165, 1.54) is 19.3 Å². The number of rotatable bonds is 4. The number of nitrogens with one attached hydrogen (secondary N) is 1. The molecule has 1 aromatic rings. The van der Waals surface area contributed by atoms with Crippen LogP contribution in [-0.4, -0.2) is 47.8 Å². The van der Waals surface area contributed by atoms with E-state index in [1.807, 2.05) is 0 Å². The zero-order valence-electron chi connectivity index (χ0n) is 12.4. The Kier molecular flexibility index (Phi) is 4.69. The maximum absolute atomic E-state index is 5.83. The second kappa shape index (κ2) is 6.89. The summed E-state index contributed by atoms with van der Waals surface area (Å²) in [5, 5.41) is 3.31. The van der Waals surface area contributed by atoms with Gasteiger partial charge in [0.1, 0.15) is 0 Å². The number of aromatic nitrogens is 3. The second-order valence-corrected chi connectivity index (χ2v) is 5.80. The zero-order chi connectivity index (χ0) is 14.5. The molecule has 0 amide bonds. The number of hydrogen-bond acceptors (Lipinski definition) is 7. The molecule has 3 heterocycles. The minimum Gasteiger partial charge on any atom is -0.381 e. The van der Waals surface area contributed by atoms with Crippen molar-refractivity contribution in [2.24, 2.45) is 5.92 Å². The number of ether oxygens (including phenoxy) is 1. The van der Waals surface area contributed by atoms with Gasteiger partial charge in [0.05, 0.1) is 0 Å². The van der Waals surface area contributed by atoms with E-state index in [0.717, 1.165) is 45.7 Å². The molecule has 0 aliphatic carbocycles. The lowest BCUT2D eigenvalue weighted by molar-refractivity contribution is 0.0699. The molecule has 0 atom stereocenters. The minimum absolute atomic E-state index is 0.292. The number of nitrogens with zero attached hydrogens (tertiary/aromatic N) is 4. The summed E-state index contributed by atoms with van der Waals surface area (Å²) < 4.78 is 5.37. The van der Waals surface area contributed by atoms with Crippen LogP contribution in [0.4, 0.5) is 17.8 Å². The van der Waals surface area contributed by atoms with Crippen molar-refractivity contribution in [2.45, 2.75) is 32.1 Å². The number of piperidine rings is 1. The van der Waals surface area contributed by atoms with Crippen LogP contribution in [0.15, 0.2) is 0 Å². The Morgan fingerprint density at radius 3 is 2.62 bits per heavy atom. The molecule has 3 rings (SSSR count). The number of hydrogen-bond donors (Lipinski definition) is 2. The third kappa shape index (κ3) is 3.93. The monoisotopic (exact) mass is 292 g/mol. The van der Waals surface area contributed by atoms with Crippen LogP contribution in [-0.2, 0) is 4.74 Å². The lowest BCUT2D eigenvalue weighted by Crippen LogP contribution is -2.31. The molecule has 116 valence electrons. The standard InChI is InChI=1S/C14H24N6O/c15-12-17-13(16-10-11-4-8-21-9-5-11)19-14(18-12)20-6-2-1-3-7-20/h11H,1-10H2,(H3,15,16,17,18,19). The van der Waals surface area contributed by atoms with Crippen LogP contribution < -0.4 is 16.0 Å². The van der Waals surface area contributed by atoms with E-state index in [2.05, 4.69) is 25.2 Å². The fourth-order valence-corrected chi connectivity index (χ4v) is 2.88. The van der Waals surface area contributed by atoms with Gasteiger partial charge in [-0.25, -0.2) is 0 Å². The summed E-state index contributed by atoms with van der Waals surface area (Å²) in [5.41, 5.74) is 5.83. The van der Waals surface area contributed by atoms with E-state index in [1.54, 1.807) is 0 Å². The van der Waals surface area contributed by atoms with Crippen molar-refractivity contribution in [3.05, 3.63) is 0 Å². The van der Waals surface area contributed by atoms with Crippen molar-refractivity contribution in [3.8, 4) is 0 Å². The number of nitrogen functional groups attached to an aromatic ring is 1. The molecule has 7 heteroatoms. The van der Waals surface area contributed by atoms with Gasteiger partial charge in [0.2, 0.25) is 17.8 Å². The van der Waals surface area contributed by atoms with Crippen molar-refractivity contribution in [3.63, 3.8) is 0 Å². The highest BCUT2D eigenvalue weighted by atomic mass is 16.5. The Labute approximate surface area is 125 Å². The smallest absolute Gasteiger partial charge is 0.231 e. The summed E-state index contributed by atoms with van der Waals surface area (Å²) in [5.74, 6) is 2.21. The quantitative estimate of drug-likeness (QED) is 0.864. The van der Waals surface area contributed by atoms with Crippen LogP contribution in [0, 0.1) is 5.92 Å². The number of nitrogens with two attached hydrogens (primary N) is 1. The van der Waals surface area contributed by atoms with E-state index < -0.39 is 0 Å². The van der Waals surface area contributed by atoms with Gasteiger partial charge < -0.3 is 20.7 Å². The summed E-state index contributed by atoms with van der Waals surface area (Å²) in [6.45, 7) is 4.58. The van der Waals surface area contributed by atoms with Crippen molar-refractivity contribution < 1.29 is 4.74 Å². The highest BCUT2D eigenvalue weighted by molar-refractivity contribution is 5.42. The third-order valence-corrected chi connectivity index (χ3v) is 4.17. The molecule has 0 unspecified atom stereocenters. The summed E-state index contributed by atoms with van der Waals surface area (Å²) >= 11 is 0. The Balaban J connectivity index is 1.62. The minimum atomic E-state index is 0.292. The molecule has 1 aromatic heterocycles. The van der Waals surface area contributed by atoms with Crippen LogP contribution in [0.5, 0.6) is 0 Å². The van der Waals surface area contributed by atoms with E-state index in [9.17, 15) is 0 Å². The molecule has 2 aliphatic heterocycles. The van der Waals surface area contributed by atoms with Crippen molar-refractivity contribution in [1.82, 2.24) is 15.0 Å².